The van der Waals surface area contributed by atoms with E-state index in [0.717, 1.165) is 23.3 Å². The van der Waals surface area contributed by atoms with Crippen molar-refractivity contribution in [3.05, 3.63) is 41.0 Å². The van der Waals surface area contributed by atoms with Crippen LogP contribution in [0.4, 0.5) is 0 Å². The summed E-state index contributed by atoms with van der Waals surface area (Å²) in [6.45, 7) is 7.13. The van der Waals surface area contributed by atoms with E-state index in [1.807, 2.05) is 32.0 Å². The first-order valence-electron chi connectivity index (χ1n) is 7.81. The van der Waals surface area contributed by atoms with E-state index in [2.05, 4.69) is 10.1 Å². The summed E-state index contributed by atoms with van der Waals surface area (Å²) in [6, 6.07) is 5.98. The van der Waals surface area contributed by atoms with E-state index in [0.29, 0.717) is 24.8 Å². The molecule has 1 aliphatic rings. The Labute approximate surface area is 135 Å². The molecule has 0 aliphatic carbocycles. The number of aryl methyl sites for hydroxylation is 3. The molecule has 122 valence electrons. The van der Waals surface area contributed by atoms with Gasteiger partial charge in [0.2, 0.25) is 5.89 Å². The third-order valence-electron chi connectivity index (χ3n) is 4.13. The Balaban J connectivity index is 1.56. The Morgan fingerprint density at radius 2 is 2.22 bits per heavy atom. The molecule has 1 atom stereocenters. The molecule has 3 rings (SSSR count). The summed E-state index contributed by atoms with van der Waals surface area (Å²) in [4.78, 5) is 18.4. The monoisotopic (exact) mass is 315 g/mol. The second kappa shape index (κ2) is 6.40. The molecule has 1 saturated heterocycles. The zero-order chi connectivity index (χ0) is 16.4. The van der Waals surface area contributed by atoms with E-state index < -0.39 is 0 Å². The summed E-state index contributed by atoms with van der Waals surface area (Å²) in [5.74, 6) is 2.13. The predicted octanol–water partition coefficient (Wildman–Crippen LogP) is 2.39. The number of rotatable bonds is 4. The van der Waals surface area contributed by atoms with Crippen LogP contribution in [-0.4, -0.2) is 40.6 Å². The molecule has 0 spiro atoms. The lowest BCUT2D eigenvalue weighted by Gasteiger charge is -2.17. The second-order valence-electron chi connectivity index (χ2n) is 6.06. The van der Waals surface area contributed by atoms with Gasteiger partial charge in [-0.2, -0.15) is 4.98 Å². The number of benzene rings is 1. The van der Waals surface area contributed by atoms with Gasteiger partial charge in [-0.15, -0.1) is 0 Å². The Bertz CT molecular complexity index is 711. The predicted molar refractivity (Wildman–Crippen MR) is 84.4 cm³/mol. The first-order valence-corrected chi connectivity index (χ1v) is 7.81. The second-order valence-corrected chi connectivity index (χ2v) is 6.06. The van der Waals surface area contributed by atoms with E-state index in [-0.39, 0.29) is 18.4 Å². The summed E-state index contributed by atoms with van der Waals surface area (Å²) >= 11 is 0. The molecule has 6 nitrogen and oxygen atoms in total. The van der Waals surface area contributed by atoms with Crippen molar-refractivity contribution >= 4 is 5.91 Å². The van der Waals surface area contributed by atoms with Gasteiger partial charge in [0.25, 0.3) is 5.91 Å². The number of likely N-dealkylation sites (tertiary alicyclic amines) is 1. The van der Waals surface area contributed by atoms with Crippen LogP contribution in [0.3, 0.4) is 0 Å². The van der Waals surface area contributed by atoms with E-state index in [1.54, 1.807) is 11.8 Å². The molecule has 1 aliphatic heterocycles. The summed E-state index contributed by atoms with van der Waals surface area (Å²) < 4.78 is 10.9. The molecular weight excluding hydrogens is 294 g/mol. The summed E-state index contributed by atoms with van der Waals surface area (Å²) in [5, 5.41) is 3.81. The van der Waals surface area contributed by atoms with Crippen molar-refractivity contribution in [1.82, 2.24) is 15.0 Å². The smallest absolute Gasteiger partial charge is 0.260 e. The molecule has 1 aromatic heterocycles. The summed E-state index contributed by atoms with van der Waals surface area (Å²) in [5.41, 5.74) is 2.15. The highest BCUT2D eigenvalue weighted by atomic mass is 16.5. The minimum atomic E-state index is -0.00959. The minimum Gasteiger partial charge on any atom is -0.483 e. The molecule has 2 aromatic rings. The average molecular weight is 315 g/mol. The van der Waals surface area contributed by atoms with Crippen LogP contribution in [0.25, 0.3) is 0 Å². The van der Waals surface area contributed by atoms with E-state index >= 15 is 0 Å². The van der Waals surface area contributed by atoms with Gasteiger partial charge in [0, 0.05) is 13.1 Å². The van der Waals surface area contributed by atoms with E-state index in [4.69, 9.17) is 9.26 Å². The van der Waals surface area contributed by atoms with Gasteiger partial charge in [-0.05, 0) is 44.4 Å². The number of carbonyl (C=O) groups excluding carboxylic acids is 1. The summed E-state index contributed by atoms with van der Waals surface area (Å²) in [6.07, 6.45) is 0.844. The molecule has 1 aromatic carbocycles. The lowest BCUT2D eigenvalue weighted by molar-refractivity contribution is -0.132. The van der Waals surface area contributed by atoms with Crippen LogP contribution >= 0.6 is 0 Å². The molecule has 0 radical (unpaired) electrons. The number of hydrogen-bond donors (Lipinski definition) is 0. The standard InChI is InChI=1S/C17H21N3O3/c1-11-4-5-12(2)15(8-11)22-10-16(21)20-7-6-14(9-20)17-18-13(3)19-23-17/h4-5,8,14H,6-7,9-10H2,1-3H3. The van der Waals surface area contributed by atoms with Crippen LogP contribution < -0.4 is 4.74 Å². The van der Waals surface area contributed by atoms with E-state index in [1.165, 1.54) is 0 Å². The molecule has 1 amide bonds. The highest BCUT2D eigenvalue weighted by Gasteiger charge is 2.31. The van der Waals surface area contributed by atoms with Crippen molar-refractivity contribution in [2.75, 3.05) is 19.7 Å². The molecular formula is C17H21N3O3. The molecule has 6 heteroatoms. The molecule has 0 N–H and O–H groups in total. The Morgan fingerprint density at radius 1 is 1.39 bits per heavy atom. The zero-order valence-corrected chi connectivity index (χ0v) is 13.7. The number of amides is 1. The first kappa shape index (κ1) is 15.5. The van der Waals surface area contributed by atoms with Crippen LogP contribution in [0.2, 0.25) is 0 Å². The number of aromatic nitrogens is 2. The van der Waals surface area contributed by atoms with Gasteiger partial charge in [0.05, 0.1) is 5.92 Å². The maximum atomic E-state index is 12.3. The normalized spacial score (nSPS) is 17.5. The molecule has 23 heavy (non-hydrogen) atoms. The third-order valence-corrected chi connectivity index (χ3v) is 4.13. The van der Waals surface area contributed by atoms with Gasteiger partial charge < -0.3 is 14.2 Å². The van der Waals surface area contributed by atoms with Crippen LogP contribution in [0.1, 0.15) is 35.2 Å². The highest BCUT2D eigenvalue weighted by molar-refractivity contribution is 5.78. The average Bonchev–Trinajstić information content (AvgIpc) is 3.16. The molecule has 1 unspecified atom stereocenters. The van der Waals surface area contributed by atoms with Crippen molar-refractivity contribution in [2.45, 2.75) is 33.1 Å². The number of nitrogens with zero attached hydrogens (tertiary/aromatic N) is 3. The maximum Gasteiger partial charge on any atom is 0.260 e. The van der Waals surface area contributed by atoms with Crippen molar-refractivity contribution in [3.8, 4) is 5.75 Å². The zero-order valence-electron chi connectivity index (χ0n) is 13.7. The number of carbonyl (C=O) groups is 1. The fourth-order valence-corrected chi connectivity index (χ4v) is 2.76. The molecule has 0 bridgehead atoms. The summed E-state index contributed by atoms with van der Waals surface area (Å²) in [7, 11) is 0. The van der Waals surface area contributed by atoms with Crippen LogP contribution in [0.15, 0.2) is 22.7 Å². The van der Waals surface area contributed by atoms with Gasteiger partial charge >= 0.3 is 0 Å². The minimum absolute atomic E-state index is 0.00959. The third kappa shape index (κ3) is 3.52. The van der Waals surface area contributed by atoms with Gasteiger partial charge in [-0.3, -0.25) is 4.79 Å². The highest BCUT2D eigenvalue weighted by Crippen LogP contribution is 2.26. The maximum absolute atomic E-state index is 12.3. The number of hydrogen-bond acceptors (Lipinski definition) is 5. The van der Waals surface area contributed by atoms with Gasteiger partial charge in [-0.25, -0.2) is 0 Å². The fourth-order valence-electron chi connectivity index (χ4n) is 2.76. The SMILES string of the molecule is Cc1ccc(C)c(OCC(=O)N2CCC(c3nc(C)no3)C2)c1. The fraction of sp³-hybridized carbons (Fsp3) is 0.471. The Kier molecular flexibility index (Phi) is 4.32. The van der Waals surface area contributed by atoms with Gasteiger partial charge in [0.15, 0.2) is 12.4 Å². The lowest BCUT2D eigenvalue weighted by Crippen LogP contribution is -2.33. The number of ether oxygens (including phenoxy) is 1. The lowest BCUT2D eigenvalue weighted by atomic mass is 10.1. The molecule has 2 heterocycles. The van der Waals surface area contributed by atoms with Crippen molar-refractivity contribution in [1.29, 1.82) is 0 Å². The largest absolute Gasteiger partial charge is 0.483 e. The Morgan fingerprint density at radius 3 is 2.96 bits per heavy atom. The van der Waals surface area contributed by atoms with Crippen molar-refractivity contribution in [2.24, 2.45) is 0 Å². The van der Waals surface area contributed by atoms with Gasteiger partial charge in [0.1, 0.15) is 5.75 Å². The first-order chi connectivity index (χ1) is 11.0. The van der Waals surface area contributed by atoms with Crippen molar-refractivity contribution in [3.63, 3.8) is 0 Å². The van der Waals surface area contributed by atoms with Crippen LogP contribution in [0, 0.1) is 20.8 Å². The molecule has 1 fully saturated rings. The quantitative estimate of drug-likeness (QED) is 0.866. The Hall–Kier alpha value is -2.37. The molecule has 0 saturated carbocycles. The van der Waals surface area contributed by atoms with Crippen LogP contribution in [0.5, 0.6) is 5.75 Å². The van der Waals surface area contributed by atoms with E-state index in [9.17, 15) is 4.79 Å². The topological polar surface area (TPSA) is 68.5 Å². The van der Waals surface area contributed by atoms with Crippen LogP contribution in [-0.2, 0) is 4.79 Å². The van der Waals surface area contributed by atoms with Crippen molar-refractivity contribution < 1.29 is 14.1 Å². The van der Waals surface area contributed by atoms with Gasteiger partial charge in [-0.1, -0.05) is 17.3 Å².